The van der Waals surface area contributed by atoms with E-state index < -0.39 is 10.9 Å². The van der Waals surface area contributed by atoms with Crippen molar-refractivity contribution in [3.63, 3.8) is 0 Å². The fraction of sp³-hybridized carbons (Fsp3) is 0.150. The minimum atomic E-state index is -0.545. The van der Waals surface area contributed by atoms with Crippen molar-refractivity contribution in [2.75, 3.05) is 13.7 Å². The van der Waals surface area contributed by atoms with Crippen LogP contribution in [0.25, 0.3) is 22.5 Å². The minimum Gasteiger partial charge on any atom is -0.497 e. The number of ether oxygens (including phenoxy) is 2. The van der Waals surface area contributed by atoms with Crippen molar-refractivity contribution in [3.8, 4) is 28.3 Å². The standard InChI is InChI=1S/C20H18N2O5/c1-3-27-20(23)16-12-17(13-7-6-8-14(11-13)26-2)21-19(16)15-9-4-5-10-18(15)22(24)25/h4-12,21H,3H2,1-2H3. The van der Waals surface area contributed by atoms with Crippen molar-refractivity contribution < 1.29 is 19.2 Å². The Morgan fingerprint density at radius 2 is 1.93 bits per heavy atom. The van der Waals surface area contributed by atoms with Gasteiger partial charge in [0.15, 0.2) is 0 Å². The number of carbonyl (C=O) groups is 1. The summed E-state index contributed by atoms with van der Waals surface area (Å²) in [6, 6.07) is 15.2. The fourth-order valence-corrected chi connectivity index (χ4v) is 2.83. The molecule has 1 N–H and O–H groups in total. The number of carbonyl (C=O) groups excluding carboxylic acids is 1. The lowest BCUT2D eigenvalue weighted by Gasteiger charge is -2.05. The monoisotopic (exact) mass is 366 g/mol. The molecule has 7 heteroatoms. The Morgan fingerprint density at radius 3 is 2.63 bits per heavy atom. The van der Waals surface area contributed by atoms with Gasteiger partial charge in [0.1, 0.15) is 5.75 Å². The molecule has 7 nitrogen and oxygen atoms in total. The smallest absolute Gasteiger partial charge is 0.340 e. The van der Waals surface area contributed by atoms with Crippen LogP contribution in [0.4, 0.5) is 5.69 Å². The summed E-state index contributed by atoms with van der Waals surface area (Å²) in [5.74, 6) is 0.114. The van der Waals surface area contributed by atoms with E-state index in [-0.39, 0.29) is 17.9 Å². The molecule has 0 fully saturated rings. The third-order valence-electron chi connectivity index (χ3n) is 4.06. The molecule has 27 heavy (non-hydrogen) atoms. The molecule has 0 aliphatic carbocycles. The van der Waals surface area contributed by atoms with E-state index in [1.54, 1.807) is 38.3 Å². The van der Waals surface area contributed by atoms with E-state index in [2.05, 4.69) is 4.98 Å². The fourth-order valence-electron chi connectivity index (χ4n) is 2.83. The average molecular weight is 366 g/mol. The predicted molar refractivity (Wildman–Crippen MR) is 101 cm³/mol. The number of methoxy groups -OCH3 is 1. The summed E-state index contributed by atoms with van der Waals surface area (Å²) < 4.78 is 10.4. The zero-order chi connectivity index (χ0) is 19.4. The van der Waals surface area contributed by atoms with Crippen molar-refractivity contribution in [2.24, 2.45) is 0 Å². The van der Waals surface area contributed by atoms with Crippen LogP contribution in [-0.4, -0.2) is 29.6 Å². The quantitative estimate of drug-likeness (QED) is 0.395. The highest BCUT2D eigenvalue weighted by Crippen LogP contribution is 2.35. The summed E-state index contributed by atoms with van der Waals surface area (Å²) in [5.41, 5.74) is 2.22. The van der Waals surface area contributed by atoms with Crippen LogP contribution >= 0.6 is 0 Å². The lowest BCUT2D eigenvalue weighted by molar-refractivity contribution is -0.384. The Labute approximate surface area is 155 Å². The number of benzene rings is 2. The second kappa shape index (κ2) is 7.74. The molecule has 138 valence electrons. The van der Waals surface area contributed by atoms with Gasteiger partial charge < -0.3 is 14.5 Å². The molecule has 3 aromatic rings. The normalized spacial score (nSPS) is 10.4. The van der Waals surface area contributed by atoms with Crippen LogP contribution in [0.3, 0.4) is 0 Å². The number of H-pyrrole nitrogens is 1. The third kappa shape index (κ3) is 3.67. The molecule has 0 aliphatic rings. The molecule has 1 heterocycles. The molecule has 0 atom stereocenters. The van der Waals surface area contributed by atoms with E-state index in [1.165, 1.54) is 6.07 Å². The number of para-hydroxylation sites is 1. The first kappa shape index (κ1) is 18.2. The Balaban J connectivity index is 2.19. The largest absolute Gasteiger partial charge is 0.497 e. The van der Waals surface area contributed by atoms with Gasteiger partial charge in [-0.05, 0) is 31.2 Å². The molecule has 3 rings (SSSR count). The highest BCUT2D eigenvalue weighted by atomic mass is 16.6. The Kier molecular flexibility index (Phi) is 5.21. The third-order valence-corrected chi connectivity index (χ3v) is 4.06. The molecular weight excluding hydrogens is 348 g/mol. The Bertz CT molecular complexity index is 994. The number of nitro benzene ring substituents is 1. The van der Waals surface area contributed by atoms with E-state index >= 15 is 0 Å². The average Bonchev–Trinajstić information content (AvgIpc) is 3.13. The molecular formula is C20H18N2O5. The zero-order valence-corrected chi connectivity index (χ0v) is 14.9. The van der Waals surface area contributed by atoms with Crippen molar-refractivity contribution in [1.29, 1.82) is 0 Å². The number of nitrogens with one attached hydrogen (secondary N) is 1. The van der Waals surface area contributed by atoms with E-state index in [4.69, 9.17) is 9.47 Å². The highest BCUT2D eigenvalue weighted by Gasteiger charge is 2.24. The number of rotatable bonds is 6. The van der Waals surface area contributed by atoms with Gasteiger partial charge >= 0.3 is 5.97 Å². The summed E-state index contributed by atoms with van der Waals surface area (Å²) in [6.45, 7) is 1.91. The van der Waals surface area contributed by atoms with Gasteiger partial charge in [0, 0.05) is 17.3 Å². The van der Waals surface area contributed by atoms with Crippen molar-refractivity contribution in [2.45, 2.75) is 6.92 Å². The van der Waals surface area contributed by atoms with Crippen LogP contribution in [0.15, 0.2) is 54.6 Å². The van der Waals surface area contributed by atoms with Gasteiger partial charge in [-0.15, -0.1) is 0 Å². The molecule has 1 aromatic heterocycles. The lowest BCUT2D eigenvalue weighted by atomic mass is 10.1. The Morgan fingerprint density at radius 1 is 1.15 bits per heavy atom. The van der Waals surface area contributed by atoms with Gasteiger partial charge in [-0.3, -0.25) is 10.1 Å². The van der Waals surface area contributed by atoms with Crippen LogP contribution in [0.5, 0.6) is 5.75 Å². The van der Waals surface area contributed by atoms with E-state index in [1.807, 2.05) is 24.3 Å². The van der Waals surface area contributed by atoms with Crippen molar-refractivity contribution in [1.82, 2.24) is 4.98 Å². The predicted octanol–water partition coefficient (Wildman–Crippen LogP) is 4.44. The second-order valence-electron chi connectivity index (χ2n) is 5.70. The summed E-state index contributed by atoms with van der Waals surface area (Å²) in [7, 11) is 1.57. The summed E-state index contributed by atoms with van der Waals surface area (Å²) in [6.07, 6.45) is 0. The van der Waals surface area contributed by atoms with Gasteiger partial charge in [0.25, 0.3) is 5.69 Å². The second-order valence-corrected chi connectivity index (χ2v) is 5.70. The first-order chi connectivity index (χ1) is 13.0. The first-order valence-corrected chi connectivity index (χ1v) is 8.33. The zero-order valence-electron chi connectivity index (χ0n) is 14.9. The van der Waals surface area contributed by atoms with Crippen LogP contribution in [0, 0.1) is 10.1 Å². The van der Waals surface area contributed by atoms with E-state index in [0.29, 0.717) is 22.7 Å². The maximum Gasteiger partial charge on any atom is 0.340 e. The minimum absolute atomic E-state index is 0.0953. The highest BCUT2D eigenvalue weighted by molar-refractivity contribution is 5.99. The van der Waals surface area contributed by atoms with Crippen LogP contribution in [0.2, 0.25) is 0 Å². The van der Waals surface area contributed by atoms with Crippen LogP contribution in [0.1, 0.15) is 17.3 Å². The number of nitrogens with zero attached hydrogens (tertiary/aromatic N) is 1. The molecule has 0 saturated heterocycles. The number of nitro groups is 1. The lowest BCUT2D eigenvalue weighted by Crippen LogP contribution is -2.05. The van der Waals surface area contributed by atoms with E-state index in [9.17, 15) is 14.9 Å². The summed E-state index contributed by atoms with van der Waals surface area (Å²) >= 11 is 0. The van der Waals surface area contributed by atoms with Crippen LogP contribution < -0.4 is 4.74 Å². The number of esters is 1. The van der Waals surface area contributed by atoms with E-state index in [0.717, 1.165) is 5.56 Å². The van der Waals surface area contributed by atoms with Crippen molar-refractivity contribution >= 4 is 11.7 Å². The number of aromatic amines is 1. The molecule has 0 unspecified atom stereocenters. The summed E-state index contributed by atoms with van der Waals surface area (Å²) in [4.78, 5) is 26.5. The molecule has 0 spiro atoms. The molecule has 0 amide bonds. The number of aromatic nitrogens is 1. The molecule has 0 aliphatic heterocycles. The number of hydrogen-bond acceptors (Lipinski definition) is 5. The van der Waals surface area contributed by atoms with Gasteiger partial charge in [-0.1, -0.05) is 24.3 Å². The number of hydrogen-bond donors (Lipinski definition) is 1. The molecule has 0 radical (unpaired) electrons. The Hall–Kier alpha value is -3.61. The molecule has 2 aromatic carbocycles. The maximum absolute atomic E-state index is 12.5. The topological polar surface area (TPSA) is 94.5 Å². The van der Waals surface area contributed by atoms with Gasteiger partial charge in [0.05, 0.1) is 35.5 Å². The molecule has 0 saturated carbocycles. The SMILES string of the molecule is CCOC(=O)c1cc(-c2cccc(OC)c2)[nH]c1-c1ccccc1[N+](=O)[O-]. The summed E-state index contributed by atoms with van der Waals surface area (Å²) in [5, 5.41) is 11.4. The maximum atomic E-state index is 12.5. The molecule has 0 bridgehead atoms. The van der Waals surface area contributed by atoms with Gasteiger partial charge in [0.2, 0.25) is 0 Å². The van der Waals surface area contributed by atoms with Gasteiger partial charge in [-0.25, -0.2) is 4.79 Å². The van der Waals surface area contributed by atoms with Crippen LogP contribution in [-0.2, 0) is 4.74 Å². The van der Waals surface area contributed by atoms with Gasteiger partial charge in [-0.2, -0.15) is 0 Å². The first-order valence-electron chi connectivity index (χ1n) is 8.33. The van der Waals surface area contributed by atoms with Crippen molar-refractivity contribution in [3.05, 3.63) is 70.3 Å².